The topological polar surface area (TPSA) is 115 Å². The van der Waals surface area contributed by atoms with E-state index >= 15 is 0 Å². The molecule has 0 spiro atoms. The molecule has 0 atom stereocenters. The van der Waals surface area contributed by atoms with Crippen molar-refractivity contribution in [2.45, 2.75) is 33.1 Å². The first-order chi connectivity index (χ1) is 10.2. The molecule has 0 unspecified atom stereocenters. The Labute approximate surface area is 125 Å². The lowest BCUT2D eigenvalue weighted by molar-refractivity contribution is -0.117. The standard InChI is InChI=1S/C11H16N6O3S/c1-3-8-7(5-18)13-16-17(8)4-9(19)12-11-15-14-10(21-11)6-20-2/h18H,3-6H2,1-2H3,(H,12,15,19). The first-order valence-electron chi connectivity index (χ1n) is 6.31. The summed E-state index contributed by atoms with van der Waals surface area (Å²) in [4.78, 5) is 12.0. The second kappa shape index (κ2) is 7.20. The first kappa shape index (κ1) is 15.5. The molecule has 0 aliphatic carbocycles. The summed E-state index contributed by atoms with van der Waals surface area (Å²) in [7, 11) is 1.56. The van der Waals surface area contributed by atoms with E-state index in [0.717, 1.165) is 5.69 Å². The number of aliphatic hydroxyl groups excluding tert-OH is 1. The molecule has 1 amide bonds. The van der Waals surface area contributed by atoms with E-state index in [1.54, 1.807) is 7.11 Å². The van der Waals surface area contributed by atoms with Crippen molar-refractivity contribution in [3.8, 4) is 0 Å². The fourth-order valence-corrected chi connectivity index (χ4v) is 2.51. The van der Waals surface area contributed by atoms with Crippen LogP contribution in [0.5, 0.6) is 0 Å². The van der Waals surface area contributed by atoms with Gasteiger partial charge in [0.25, 0.3) is 0 Å². The molecular formula is C11H16N6O3S. The van der Waals surface area contributed by atoms with E-state index in [1.165, 1.54) is 16.0 Å². The molecule has 21 heavy (non-hydrogen) atoms. The summed E-state index contributed by atoms with van der Waals surface area (Å²) < 4.78 is 6.41. The fraction of sp³-hybridized carbons (Fsp3) is 0.545. The van der Waals surface area contributed by atoms with Crippen LogP contribution in [0.4, 0.5) is 5.13 Å². The van der Waals surface area contributed by atoms with Crippen molar-refractivity contribution in [1.29, 1.82) is 0 Å². The molecular weight excluding hydrogens is 296 g/mol. The largest absolute Gasteiger partial charge is 0.390 e. The van der Waals surface area contributed by atoms with Crippen molar-refractivity contribution < 1.29 is 14.6 Å². The zero-order chi connectivity index (χ0) is 15.2. The molecule has 0 fully saturated rings. The van der Waals surface area contributed by atoms with Crippen LogP contribution in [0.1, 0.15) is 23.3 Å². The Morgan fingerprint density at radius 2 is 2.24 bits per heavy atom. The second-order valence-electron chi connectivity index (χ2n) is 4.13. The van der Waals surface area contributed by atoms with Crippen molar-refractivity contribution in [2.75, 3.05) is 12.4 Å². The summed E-state index contributed by atoms with van der Waals surface area (Å²) in [6.07, 6.45) is 0.632. The molecule has 0 aliphatic rings. The van der Waals surface area contributed by atoms with Gasteiger partial charge in [-0.05, 0) is 6.42 Å². The number of nitrogens with zero attached hydrogens (tertiary/aromatic N) is 5. The first-order valence-corrected chi connectivity index (χ1v) is 7.12. The van der Waals surface area contributed by atoms with Crippen LogP contribution in [-0.2, 0) is 35.7 Å². The lowest BCUT2D eigenvalue weighted by Crippen LogP contribution is -2.21. The molecule has 114 valence electrons. The highest BCUT2D eigenvalue weighted by molar-refractivity contribution is 7.15. The summed E-state index contributed by atoms with van der Waals surface area (Å²) in [6, 6.07) is 0. The molecule has 2 heterocycles. The number of aromatic nitrogens is 5. The van der Waals surface area contributed by atoms with E-state index < -0.39 is 0 Å². The summed E-state index contributed by atoms with van der Waals surface area (Å²) >= 11 is 1.25. The lowest BCUT2D eigenvalue weighted by Gasteiger charge is -2.04. The van der Waals surface area contributed by atoms with Crippen molar-refractivity contribution in [1.82, 2.24) is 25.2 Å². The van der Waals surface area contributed by atoms with Gasteiger partial charge in [-0.3, -0.25) is 10.1 Å². The van der Waals surface area contributed by atoms with Crippen LogP contribution in [0.2, 0.25) is 0 Å². The van der Waals surface area contributed by atoms with Gasteiger partial charge in [0.2, 0.25) is 11.0 Å². The van der Waals surface area contributed by atoms with Gasteiger partial charge in [-0.15, -0.1) is 15.3 Å². The number of amides is 1. The average Bonchev–Trinajstić information content (AvgIpc) is 3.05. The number of carbonyl (C=O) groups is 1. The highest BCUT2D eigenvalue weighted by Gasteiger charge is 2.14. The minimum atomic E-state index is -0.279. The zero-order valence-electron chi connectivity index (χ0n) is 11.7. The Bertz CT molecular complexity index is 611. The van der Waals surface area contributed by atoms with E-state index in [2.05, 4.69) is 25.8 Å². The number of anilines is 1. The Morgan fingerprint density at radius 1 is 1.43 bits per heavy atom. The molecule has 0 radical (unpaired) electrons. The maximum atomic E-state index is 12.0. The van der Waals surface area contributed by atoms with Crippen LogP contribution >= 0.6 is 11.3 Å². The summed E-state index contributed by atoms with van der Waals surface area (Å²) in [5.41, 5.74) is 1.23. The molecule has 2 aromatic rings. The fourth-order valence-electron chi connectivity index (χ4n) is 1.79. The van der Waals surface area contributed by atoms with Crippen molar-refractivity contribution in [3.63, 3.8) is 0 Å². The number of hydrogen-bond acceptors (Lipinski definition) is 8. The third-order valence-corrected chi connectivity index (χ3v) is 3.49. The van der Waals surface area contributed by atoms with Gasteiger partial charge in [-0.1, -0.05) is 23.5 Å². The van der Waals surface area contributed by atoms with Gasteiger partial charge in [0.15, 0.2) is 0 Å². The molecule has 2 N–H and O–H groups in total. The maximum absolute atomic E-state index is 12.0. The Morgan fingerprint density at radius 3 is 2.90 bits per heavy atom. The number of methoxy groups -OCH3 is 1. The number of ether oxygens (including phenoxy) is 1. The zero-order valence-corrected chi connectivity index (χ0v) is 12.6. The van der Waals surface area contributed by atoms with E-state index in [0.29, 0.717) is 28.9 Å². The average molecular weight is 312 g/mol. The quantitative estimate of drug-likeness (QED) is 0.737. The predicted octanol–water partition coefficient (Wildman–Crippen LogP) is -0.0306. The number of carbonyl (C=O) groups excluding carboxylic acids is 1. The Kier molecular flexibility index (Phi) is 5.31. The van der Waals surface area contributed by atoms with Gasteiger partial charge in [0.05, 0.1) is 12.3 Å². The molecule has 0 saturated heterocycles. The van der Waals surface area contributed by atoms with Crippen LogP contribution in [-0.4, -0.2) is 43.3 Å². The van der Waals surface area contributed by atoms with Crippen molar-refractivity contribution in [2.24, 2.45) is 0 Å². The van der Waals surface area contributed by atoms with Crippen LogP contribution in [0.3, 0.4) is 0 Å². The number of hydrogen-bond donors (Lipinski definition) is 2. The summed E-state index contributed by atoms with van der Waals surface area (Å²) in [6.45, 7) is 2.08. The highest BCUT2D eigenvalue weighted by Crippen LogP contribution is 2.16. The Hall–Kier alpha value is -1.91. The minimum Gasteiger partial charge on any atom is -0.390 e. The number of nitrogens with one attached hydrogen (secondary N) is 1. The molecule has 0 aliphatic heterocycles. The molecule has 2 aromatic heterocycles. The summed E-state index contributed by atoms with van der Waals surface area (Å²) in [5.74, 6) is -0.279. The van der Waals surface area contributed by atoms with E-state index in [1.807, 2.05) is 6.92 Å². The third kappa shape index (κ3) is 3.80. The van der Waals surface area contributed by atoms with Crippen LogP contribution in [0.25, 0.3) is 0 Å². The highest BCUT2D eigenvalue weighted by atomic mass is 32.1. The lowest BCUT2D eigenvalue weighted by atomic mass is 10.2. The monoisotopic (exact) mass is 312 g/mol. The van der Waals surface area contributed by atoms with Gasteiger partial charge in [-0.25, -0.2) is 4.68 Å². The van der Waals surface area contributed by atoms with E-state index in [4.69, 9.17) is 9.84 Å². The van der Waals surface area contributed by atoms with Crippen molar-refractivity contribution >= 4 is 22.4 Å². The molecule has 2 rings (SSSR count). The van der Waals surface area contributed by atoms with Gasteiger partial charge < -0.3 is 9.84 Å². The van der Waals surface area contributed by atoms with Gasteiger partial charge >= 0.3 is 0 Å². The van der Waals surface area contributed by atoms with Gasteiger partial charge in [0, 0.05) is 7.11 Å². The van der Waals surface area contributed by atoms with Gasteiger partial charge in [-0.2, -0.15) is 0 Å². The second-order valence-corrected chi connectivity index (χ2v) is 5.20. The van der Waals surface area contributed by atoms with E-state index in [-0.39, 0.29) is 19.1 Å². The minimum absolute atomic E-state index is 0.00929. The van der Waals surface area contributed by atoms with Crippen molar-refractivity contribution in [3.05, 3.63) is 16.4 Å². The molecule has 10 heteroatoms. The third-order valence-electron chi connectivity index (χ3n) is 2.68. The molecule has 9 nitrogen and oxygen atoms in total. The molecule has 0 aromatic carbocycles. The molecule has 0 saturated carbocycles. The van der Waals surface area contributed by atoms with Crippen LogP contribution < -0.4 is 5.32 Å². The van der Waals surface area contributed by atoms with Gasteiger partial charge in [0.1, 0.15) is 23.9 Å². The van der Waals surface area contributed by atoms with Crippen LogP contribution in [0, 0.1) is 0 Å². The number of aliphatic hydroxyl groups is 1. The van der Waals surface area contributed by atoms with Crippen LogP contribution in [0.15, 0.2) is 0 Å². The normalized spacial score (nSPS) is 10.8. The predicted molar refractivity (Wildman–Crippen MR) is 74.6 cm³/mol. The summed E-state index contributed by atoms with van der Waals surface area (Å²) in [5, 5.41) is 28.3. The smallest absolute Gasteiger partial charge is 0.248 e. The molecule has 0 bridgehead atoms. The maximum Gasteiger partial charge on any atom is 0.248 e. The van der Waals surface area contributed by atoms with E-state index in [9.17, 15) is 4.79 Å². The Balaban J connectivity index is 1.99. The SMILES string of the molecule is CCc1c(CO)nnn1CC(=O)Nc1nnc(COC)s1. The number of rotatable bonds is 7.